The molecule has 1 aromatic heterocycles. The Kier molecular flexibility index (Phi) is 7.44. The maximum atomic E-state index is 12.8. The number of alkyl halides is 3. The Bertz CT molecular complexity index is 1100. The van der Waals surface area contributed by atoms with Crippen molar-refractivity contribution in [1.82, 2.24) is 14.8 Å². The number of aromatic nitrogens is 3. The van der Waals surface area contributed by atoms with Gasteiger partial charge in [0.1, 0.15) is 0 Å². The molecule has 0 aliphatic rings. The Morgan fingerprint density at radius 3 is 2.59 bits per heavy atom. The quantitative estimate of drug-likeness (QED) is 0.445. The van der Waals surface area contributed by atoms with Crippen LogP contribution in [0, 0.1) is 13.8 Å². The lowest BCUT2D eigenvalue weighted by Crippen LogP contribution is -2.16. The second kappa shape index (κ2) is 10.1. The second-order valence-electron chi connectivity index (χ2n) is 7.23. The van der Waals surface area contributed by atoms with Crippen LogP contribution in [0.3, 0.4) is 0 Å². The number of nitrogens with zero attached hydrogens (tertiary/aromatic N) is 3. The third kappa shape index (κ3) is 6.03. The van der Waals surface area contributed by atoms with Crippen molar-refractivity contribution in [2.45, 2.75) is 45.2 Å². The van der Waals surface area contributed by atoms with E-state index in [4.69, 9.17) is 0 Å². The van der Waals surface area contributed by atoms with Gasteiger partial charge in [-0.05, 0) is 50.6 Å². The summed E-state index contributed by atoms with van der Waals surface area (Å²) in [6, 6.07) is 10.7. The van der Waals surface area contributed by atoms with Crippen LogP contribution in [0.4, 0.5) is 24.5 Å². The molecule has 0 saturated heterocycles. The minimum atomic E-state index is -4.46. The molecule has 10 heteroatoms. The number of benzene rings is 2. The van der Waals surface area contributed by atoms with Crippen LogP contribution in [-0.4, -0.2) is 26.4 Å². The molecule has 0 aliphatic heterocycles. The van der Waals surface area contributed by atoms with Crippen LogP contribution < -0.4 is 10.6 Å². The van der Waals surface area contributed by atoms with Crippen LogP contribution in [-0.2, 0) is 24.1 Å². The van der Waals surface area contributed by atoms with E-state index in [2.05, 4.69) is 26.9 Å². The largest absolute Gasteiger partial charge is 0.416 e. The smallest absolute Gasteiger partial charge is 0.378 e. The molecule has 2 aromatic carbocycles. The number of carbonyl (C=O) groups excluding carboxylic acids is 1. The predicted octanol–water partition coefficient (Wildman–Crippen LogP) is 5.28. The standard InChI is InChI=1S/C22H24F3N5OS/c1-4-30-19(12-26-18-9-8-14(2)10-15(18)3)28-29-21(30)32-13-20(31)27-17-7-5-6-16(11-17)22(23,24)25/h5-11,26H,4,12-13H2,1-3H3,(H,27,31). The summed E-state index contributed by atoms with van der Waals surface area (Å²) < 4.78 is 40.4. The molecule has 0 aliphatic carbocycles. The maximum absolute atomic E-state index is 12.8. The average Bonchev–Trinajstić information content (AvgIpc) is 3.13. The van der Waals surface area contributed by atoms with Crippen molar-refractivity contribution >= 4 is 29.0 Å². The van der Waals surface area contributed by atoms with E-state index in [-0.39, 0.29) is 11.4 Å². The van der Waals surface area contributed by atoms with Gasteiger partial charge in [-0.25, -0.2) is 0 Å². The van der Waals surface area contributed by atoms with Crippen molar-refractivity contribution in [3.05, 3.63) is 65.0 Å². The van der Waals surface area contributed by atoms with E-state index in [1.165, 1.54) is 29.5 Å². The highest BCUT2D eigenvalue weighted by atomic mass is 32.2. The number of hydrogen-bond acceptors (Lipinski definition) is 5. The summed E-state index contributed by atoms with van der Waals surface area (Å²) in [5.74, 6) is 0.307. The van der Waals surface area contributed by atoms with Crippen LogP contribution in [0.25, 0.3) is 0 Å². The lowest BCUT2D eigenvalue weighted by molar-refractivity contribution is -0.137. The van der Waals surface area contributed by atoms with E-state index in [1.54, 1.807) is 0 Å². The molecule has 1 amide bonds. The molecule has 0 unspecified atom stereocenters. The summed E-state index contributed by atoms with van der Waals surface area (Å²) in [7, 11) is 0. The number of anilines is 2. The van der Waals surface area contributed by atoms with Gasteiger partial charge in [-0.3, -0.25) is 4.79 Å². The number of rotatable bonds is 8. The summed E-state index contributed by atoms with van der Waals surface area (Å²) >= 11 is 1.18. The van der Waals surface area contributed by atoms with E-state index >= 15 is 0 Å². The van der Waals surface area contributed by atoms with E-state index < -0.39 is 17.6 Å². The van der Waals surface area contributed by atoms with Crippen LogP contribution in [0.1, 0.15) is 29.4 Å². The predicted molar refractivity (Wildman–Crippen MR) is 120 cm³/mol. The number of nitrogens with one attached hydrogen (secondary N) is 2. The number of aryl methyl sites for hydroxylation is 2. The minimum Gasteiger partial charge on any atom is -0.378 e. The summed E-state index contributed by atoms with van der Waals surface area (Å²) in [6.45, 7) is 7.12. The molecule has 170 valence electrons. The fourth-order valence-corrected chi connectivity index (χ4v) is 3.98. The molecule has 2 N–H and O–H groups in total. The Labute approximate surface area is 188 Å². The second-order valence-corrected chi connectivity index (χ2v) is 8.17. The first kappa shape index (κ1) is 23.6. The number of halogens is 3. The number of amides is 1. The van der Waals surface area contributed by atoms with Crippen LogP contribution in [0.5, 0.6) is 0 Å². The van der Waals surface area contributed by atoms with Crippen molar-refractivity contribution in [2.24, 2.45) is 0 Å². The van der Waals surface area contributed by atoms with Crippen LogP contribution in [0.15, 0.2) is 47.6 Å². The number of hydrogen-bond donors (Lipinski definition) is 2. The Morgan fingerprint density at radius 1 is 1.12 bits per heavy atom. The third-order valence-corrected chi connectivity index (χ3v) is 5.70. The highest BCUT2D eigenvalue weighted by molar-refractivity contribution is 7.99. The molecule has 1 heterocycles. The van der Waals surface area contributed by atoms with Gasteiger partial charge in [0.15, 0.2) is 11.0 Å². The van der Waals surface area contributed by atoms with E-state index in [0.717, 1.165) is 29.2 Å². The first-order valence-corrected chi connectivity index (χ1v) is 11.0. The van der Waals surface area contributed by atoms with Crippen LogP contribution >= 0.6 is 11.8 Å². The summed E-state index contributed by atoms with van der Waals surface area (Å²) in [4.78, 5) is 12.2. The van der Waals surface area contributed by atoms with Gasteiger partial charge in [-0.2, -0.15) is 13.2 Å². The van der Waals surface area contributed by atoms with Crippen LogP contribution in [0.2, 0.25) is 0 Å². The topological polar surface area (TPSA) is 71.8 Å². The van der Waals surface area contributed by atoms with Gasteiger partial charge >= 0.3 is 6.18 Å². The fourth-order valence-electron chi connectivity index (χ4n) is 3.16. The zero-order valence-corrected chi connectivity index (χ0v) is 18.8. The minimum absolute atomic E-state index is 0.00111. The van der Waals surface area contributed by atoms with Gasteiger partial charge in [0, 0.05) is 17.9 Å². The van der Waals surface area contributed by atoms with E-state index in [1.807, 2.05) is 37.5 Å². The number of carbonyl (C=O) groups is 1. The number of thioether (sulfide) groups is 1. The van der Waals surface area contributed by atoms with E-state index in [0.29, 0.717) is 18.2 Å². The zero-order chi connectivity index (χ0) is 23.3. The molecule has 3 rings (SSSR count). The molecular formula is C22H24F3N5OS. The monoisotopic (exact) mass is 463 g/mol. The summed E-state index contributed by atoms with van der Waals surface area (Å²) in [5, 5.41) is 14.8. The SMILES string of the molecule is CCn1c(CNc2ccc(C)cc2C)nnc1SCC(=O)Nc1cccc(C(F)(F)F)c1. The molecular weight excluding hydrogens is 439 g/mol. The Hall–Kier alpha value is -3.01. The molecule has 0 atom stereocenters. The van der Waals surface area contributed by atoms with Gasteiger partial charge in [0.2, 0.25) is 5.91 Å². The first-order valence-electron chi connectivity index (χ1n) is 10.0. The average molecular weight is 464 g/mol. The Morgan fingerprint density at radius 2 is 1.91 bits per heavy atom. The molecule has 0 bridgehead atoms. The highest BCUT2D eigenvalue weighted by Crippen LogP contribution is 2.30. The van der Waals surface area contributed by atoms with E-state index in [9.17, 15) is 18.0 Å². The molecule has 0 spiro atoms. The molecule has 0 saturated carbocycles. The molecule has 0 fully saturated rings. The first-order chi connectivity index (χ1) is 15.2. The van der Waals surface area contributed by atoms with Crippen molar-refractivity contribution in [3.8, 4) is 0 Å². The van der Waals surface area contributed by atoms with Gasteiger partial charge in [0.05, 0.1) is 17.9 Å². The summed E-state index contributed by atoms with van der Waals surface area (Å²) in [5.41, 5.74) is 2.62. The zero-order valence-electron chi connectivity index (χ0n) is 18.0. The summed E-state index contributed by atoms with van der Waals surface area (Å²) in [6.07, 6.45) is -4.46. The van der Waals surface area contributed by atoms with Crippen molar-refractivity contribution in [1.29, 1.82) is 0 Å². The highest BCUT2D eigenvalue weighted by Gasteiger charge is 2.30. The van der Waals surface area contributed by atoms with Gasteiger partial charge in [0.25, 0.3) is 0 Å². The fraction of sp³-hybridized carbons (Fsp3) is 0.318. The molecule has 6 nitrogen and oxygen atoms in total. The maximum Gasteiger partial charge on any atom is 0.416 e. The van der Waals surface area contributed by atoms with Gasteiger partial charge in [-0.1, -0.05) is 35.5 Å². The van der Waals surface area contributed by atoms with Crippen molar-refractivity contribution in [3.63, 3.8) is 0 Å². The molecule has 32 heavy (non-hydrogen) atoms. The van der Waals surface area contributed by atoms with Gasteiger partial charge in [-0.15, -0.1) is 10.2 Å². The molecule has 0 radical (unpaired) electrons. The lowest BCUT2D eigenvalue weighted by Gasteiger charge is -2.12. The lowest BCUT2D eigenvalue weighted by atomic mass is 10.1. The molecule has 3 aromatic rings. The van der Waals surface area contributed by atoms with Crippen molar-refractivity contribution < 1.29 is 18.0 Å². The van der Waals surface area contributed by atoms with Gasteiger partial charge < -0.3 is 15.2 Å². The third-order valence-electron chi connectivity index (χ3n) is 4.73. The normalized spacial score (nSPS) is 11.4. The van der Waals surface area contributed by atoms with Crippen molar-refractivity contribution in [2.75, 3.05) is 16.4 Å². The Balaban J connectivity index is 1.59.